The third-order valence-corrected chi connectivity index (χ3v) is 9.80. The maximum absolute atomic E-state index is 12.0. The number of carbonyl (C=O) groups is 2. The number of rotatable bonds is 17. The SMILES string of the molecule is CCC(=O)Nc1cc(OCc2ccc(C(C)C(CC(CCc3ccccc3)c3ccc(CCl)cc3)c3ccccc3)cc2)cc(NC(=O)CC)n1. The van der Waals surface area contributed by atoms with E-state index in [2.05, 4.69) is 132 Å². The van der Waals surface area contributed by atoms with Gasteiger partial charge in [-0.2, -0.15) is 0 Å². The van der Waals surface area contributed by atoms with Gasteiger partial charge in [0.05, 0.1) is 0 Å². The molecule has 1 heterocycles. The summed E-state index contributed by atoms with van der Waals surface area (Å²) >= 11 is 6.15. The monoisotopic (exact) mass is 701 g/mol. The maximum Gasteiger partial charge on any atom is 0.225 e. The predicted octanol–water partition coefficient (Wildman–Crippen LogP) is 10.8. The lowest BCUT2D eigenvalue weighted by molar-refractivity contribution is -0.116. The number of anilines is 2. The summed E-state index contributed by atoms with van der Waals surface area (Å²) in [6.07, 6.45) is 3.71. The van der Waals surface area contributed by atoms with Gasteiger partial charge in [-0.25, -0.2) is 4.98 Å². The van der Waals surface area contributed by atoms with Gasteiger partial charge in [-0.15, -0.1) is 11.6 Å². The lowest BCUT2D eigenvalue weighted by atomic mass is 9.74. The van der Waals surface area contributed by atoms with Crippen LogP contribution in [0.1, 0.15) is 97.6 Å². The quantitative estimate of drug-likeness (QED) is 0.0946. The summed E-state index contributed by atoms with van der Waals surface area (Å²) in [5.74, 6) is 2.27. The minimum Gasteiger partial charge on any atom is -0.489 e. The van der Waals surface area contributed by atoms with Gasteiger partial charge in [-0.1, -0.05) is 130 Å². The van der Waals surface area contributed by atoms with E-state index in [-0.39, 0.29) is 17.7 Å². The summed E-state index contributed by atoms with van der Waals surface area (Å²) in [7, 11) is 0. The topological polar surface area (TPSA) is 80.3 Å². The molecule has 1 aromatic heterocycles. The molecule has 2 amide bonds. The molecule has 0 aliphatic carbocycles. The second kappa shape index (κ2) is 18.9. The highest BCUT2D eigenvalue weighted by Gasteiger charge is 2.26. The second-order valence-electron chi connectivity index (χ2n) is 13.0. The molecule has 0 spiro atoms. The van der Waals surface area contributed by atoms with E-state index in [1.807, 2.05) is 0 Å². The molecule has 5 rings (SSSR count). The van der Waals surface area contributed by atoms with Crippen LogP contribution < -0.4 is 15.4 Å². The van der Waals surface area contributed by atoms with Gasteiger partial charge in [-0.3, -0.25) is 9.59 Å². The maximum atomic E-state index is 12.0. The van der Waals surface area contributed by atoms with Crippen molar-refractivity contribution in [3.8, 4) is 5.75 Å². The molecule has 4 aromatic carbocycles. The van der Waals surface area contributed by atoms with Crippen molar-refractivity contribution in [3.05, 3.63) is 155 Å². The van der Waals surface area contributed by atoms with Gasteiger partial charge in [0.1, 0.15) is 24.0 Å². The number of alkyl halides is 1. The number of aromatic nitrogens is 1. The van der Waals surface area contributed by atoms with Crippen molar-refractivity contribution < 1.29 is 14.3 Å². The fourth-order valence-corrected chi connectivity index (χ4v) is 6.59. The Kier molecular flexibility index (Phi) is 13.8. The van der Waals surface area contributed by atoms with Crippen molar-refractivity contribution in [1.82, 2.24) is 4.98 Å². The van der Waals surface area contributed by atoms with Crippen molar-refractivity contribution in [2.75, 3.05) is 10.6 Å². The van der Waals surface area contributed by atoms with Crippen molar-refractivity contribution in [2.24, 2.45) is 0 Å². The summed E-state index contributed by atoms with van der Waals surface area (Å²) in [4.78, 5) is 28.5. The number of nitrogens with zero attached hydrogens (tertiary/aromatic N) is 1. The minimum absolute atomic E-state index is 0.169. The molecule has 2 N–H and O–H groups in total. The summed E-state index contributed by atoms with van der Waals surface area (Å²) in [6.45, 7) is 6.20. The summed E-state index contributed by atoms with van der Waals surface area (Å²) in [6, 6.07) is 42.5. The number of amides is 2. The van der Waals surface area contributed by atoms with E-state index in [1.165, 1.54) is 22.3 Å². The van der Waals surface area contributed by atoms with Crippen molar-refractivity contribution in [1.29, 1.82) is 0 Å². The van der Waals surface area contributed by atoms with Crippen LogP contribution in [0.15, 0.2) is 121 Å². The van der Waals surface area contributed by atoms with Crippen molar-refractivity contribution >= 4 is 35.1 Å². The van der Waals surface area contributed by atoms with Crippen LogP contribution in [0.2, 0.25) is 0 Å². The highest BCUT2D eigenvalue weighted by Crippen LogP contribution is 2.42. The Morgan fingerprint density at radius 3 is 1.80 bits per heavy atom. The number of hydrogen-bond acceptors (Lipinski definition) is 4. The fourth-order valence-electron chi connectivity index (χ4n) is 6.42. The molecule has 0 saturated heterocycles. The highest BCUT2D eigenvalue weighted by molar-refractivity contribution is 6.17. The molecule has 7 heteroatoms. The zero-order valence-electron chi connectivity index (χ0n) is 29.8. The smallest absolute Gasteiger partial charge is 0.225 e. The molecular weight excluding hydrogens is 654 g/mol. The van der Waals surface area contributed by atoms with Crippen LogP contribution in [0.25, 0.3) is 0 Å². The number of aryl methyl sites for hydroxylation is 1. The standard InChI is InChI=1S/C44H48ClN3O3/c1-4-43(49)47-41-27-39(28-42(46-41)48-44(50)5-2)51-30-34-19-21-35(22-20-34)31(3)40(37-14-10-7-11-15-37)26-38(25-16-32-12-8-6-9-13-32)36-23-17-33(29-45)18-24-36/h6-15,17-24,27-28,31,38,40H,4-5,16,25-26,29-30H2,1-3H3,(H2,46,47,48,49,50). The molecule has 0 bridgehead atoms. The number of nitrogens with one attached hydrogen (secondary N) is 2. The first-order chi connectivity index (χ1) is 24.8. The van der Waals surface area contributed by atoms with Crippen LogP contribution in [-0.2, 0) is 28.5 Å². The average Bonchev–Trinajstić information content (AvgIpc) is 3.17. The third-order valence-electron chi connectivity index (χ3n) is 9.49. The molecule has 0 aliphatic heterocycles. The first kappa shape index (κ1) is 37.3. The van der Waals surface area contributed by atoms with Gasteiger partial charge >= 0.3 is 0 Å². The van der Waals surface area contributed by atoms with Gasteiger partial charge in [0.15, 0.2) is 0 Å². The van der Waals surface area contributed by atoms with Crippen LogP contribution in [0.4, 0.5) is 11.6 Å². The third kappa shape index (κ3) is 11.0. The molecule has 51 heavy (non-hydrogen) atoms. The largest absolute Gasteiger partial charge is 0.489 e. The number of pyridine rings is 1. The summed E-state index contributed by atoms with van der Waals surface area (Å²) < 4.78 is 6.15. The molecule has 264 valence electrons. The molecular formula is C44H48ClN3O3. The fraction of sp³-hybridized carbons (Fsp3) is 0.295. The molecule has 5 aromatic rings. The highest BCUT2D eigenvalue weighted by atomic mass is 35.5. The van der Waals surface area contributed by atoms with Crippen LogP contribution in [0.3, 0.4) is 0 Å². The number of ether oxygens (including phenoxy) is 1. The zero-order valence-corrected chi connectivity index (χ0v) is 30.5. The molecule has 0 aliphatic rings. The lowest BCUT2D eigenvalue weighted by Gasteiger charge is -2.30. The Morgan fingerprint density at radius 2 is 1.24 bits per heavy atom. The lowest BCUT2D eigenvalue weighted by Crippen LogP contribution is -2.15. The van der Waals surface area contributed by atoms with E-state index in [0.29, 0.717) is 54.5 Å². The van der Waals surface area contributed by atoms with E-state index in [0.717, 1.165) is 30.4 Å². The Morgan fingerprint density at radius 1 is 0.686 bits per heavy atom. The van der Waals surface area contributed by atoms with Crippen LogP contribution in [0.5, 0.6) is 5.75 Å². The molecule has 0 saturated carbocycles. The van der Waals surface area contributed by atoms with E-state index in [4.69, 9.17) is 16.3 Å². The number of benzene rings is 4. The Balaban J connectivity index is 1.34. The van der Waals surface area contributed by atoms with Crippen molar-refractivity contribution in [2.45, 2.75) is 83.1 Å². The van der Waals surface area contributed by atoms with Gasteiger partial charge in [-0.05, 0) is 70.4 Å². The van der Waals surface area contributed by atoms with Gasteiger partial charge in [0.25, 0.3) is 0 Å². The normalized spacial score (nSPS) is 12.8. The molecule has 0 radical (unpaired) electrons. The van der Waals surface area contributed by atoms with Gasteiger partial charge in [0.2, 0.25) is 11.8 Å². The minimum atomic E-state index is -0.169. The van der Waals surface area contributed by atoms with Gasteiger partial charge in [0, 0.05) is 30.9 Å². The number of carbonyl (C=O) groups excluding carboxylic acids is 2. The van der Waals surface area contributed by atoms with E-state index in [9.17, 15) is 9.59 Å². The van der Waals surface area contributed by atoms with E-state index in [1.54, 1.807) is 26.0 Å². The van der Waals surface area contributed by atoms with E-state index >= 15 is 0 Å². The van der Waals surface area contributed by atoms with Gasteiger partial charge < -0.3 is 15.4 Å². The molecule has 3 unspecified atom stereocenters. The molecule has 3 atom stereocenters. The first-order valence-electron chi connectivity index (χ1n) is 17.9. The average molecular weight is 702 g/mol. The molecule has 6 nitrogen and oxygen atoms in total. The first-order valence-corrected chi connectivity index (χ1v) is 18.5. The summed E-state index contributed by atoms with van der Waals surface area (Å²) in [5, 5.41) is 5.53. The molecule has 0 fully saturated rings. The Bertz CT molecular complexity index is 1790. The van der Waals surface area contributed by atoms with Crippen LogP contribution >= 0.6 is 11.6 Å². The predicted molar refractivity (Wildman–Crippen MR) is 209 cm³/mol. The Labute approximate surface area is 307 Å². The second-order valence-corrected chi connectivity index (χ2v) is 13.3. The van der Waals surface area contributed by atoms with Crippen LogP contribution in [0, 0.1) is 0 Å². The zero-order chi connectivity index (χ0) is 36.0. The number of hydrogen-bond donors (Lipinski definition) is 2. The number of halogens is 1. The Hall–Kier alpha value is -4.94. The summed E-state index contributed by atoms with van der Waals surface area (Å²) in [5.41, 5.74) is 7.47. The van der Waals surface area contributed by atoms with Crippen molar-refractivity contribution in [3.63, 3.8) is 0 Å². The van der Waals surface area contributed by atoms with E-state index < -0.39 is 0 Å². The van der Waals surface area contributed by atoms with Crippen LogP contribution in [-0.4, -0.2) is 16.8 Å².